The largest absolute Gasteiger partial charge is 0.545 e. The fourth-order valence-electron chi connectivity index (χ4n) is 1.63. The van der Waals surface area contributed by atoms with Gasteiger partial charge >= 0.3 is 11.5 Å². The molecular weight excluding hydrogens is 292 g/mol. The number of nitrogens with zero attached hydrogens (tertiary/aromatic N) is 3. The van der Waals surface area contributed by atoms with Crippen molar-refractivity contribution in [1.82, 2.24) is 14.8 Å². The summed E-state index contributed by atoms with van der Waals surface area (Å²) < 4.78 is 5.58. The number of esters is 1. The van der Waals surface area contributed by atoms with Gasteiger partial charge in [-0.05, 0) is 24.6 Å². The van der Waals surface area contributed by atoms with Gasteiger partial charge in [-0.2, -0.15) is 9.67 Å². The van der Waals surface area contributed by atoms with Gasteiger partial charge in [-0.25, -0.2) is 4.79 Å². The summed E-state index contributed by atoms with van der Waals surface area (Å²) in [7, 11) is 0. The third-order valence-electron chi connectivity index (χ3n) is 2.64. The Bertz CT molecular complexity index is 782. The quantitative estimate of drug-likeness (QED) is 0.691. The van der Waals surface area contributed by atoms with E-state index in [4.69, 9.17) is 10.5 Å². The van der Waals surface area contributed by atoms with Crippen LogP contribution < -0.4 is 16.4 Å². The first-order chi connectivity index (χ1) is 10.4. The molecule has 0 unspecified atom stereocenters. The molecule has 0 atom stereocenters. The second-order valence-corrected chi connectivity index (χ2v) is 4.09. The van der Waals surface area contributed by atoms with Crippen LogP contribution in [0.3, 0.4) is 0 Å². The summed E-state index contributed by atoms with van der Waals surface area (Å²) in [6, 6.07) is 5.13. The van der Waals surface area contributed by atoms with Crippen molar-refractivity contribution in [2.24, 2.45) is 0 Å². The van der Waals surface area contributed by atoms with E-state index in [9.17, 15) is 19.5 Å². The van der Waals surface area contributed by atoms with Crippen LogP contribution in [0.15, 0.2) is 29.1 Å². The zero-order valence-corrected chi connectivity index (χ0v) is 11.5. The molecule has 1 aromatic heterocycles. The Hall–Kier alpha value is -3.23. The number of nitrogen functional groups attached to an aromatic ring is 1. The average Bonchev–Trinajstić information content (AvgIpc) is 2.50. The summed E-state index contributed by atoms with van der Waals surface area (Å²) in [6.07, 6.45) is 0. The van der Waals surface area contributed by atoms with Gasteiger partial charge in [0.1, 0.15) is 0 Å². The van der Waals surface area contributed by atoms with Crippen LogP contribution in [-0.4, -0.2) is 33.3 Å². The smallest absolute Gasteiger partial charge is 0.378 e. The molecule has 0 aliphatic carbocycles. The number of benzene rings is 1. The van der Waals surface area contributed by atoms with E-state index in [0.717, 1.165) is 4.68 Å². The second-order valence-electron chi connectivity index (χ2n) is 4.09. The zero-order chi connectivity index (χ0) is 16.3. The van der Waals surface area contributed by atoms with Gasteiger partial charge in [0.25, 0.3) is 5.82 Å². The van der Waals surface area contributed by atoms with Crippen LogP contribution >= 0.6 is 0 Å². The van der Waals surface area contributed by atoms with Crippen LogP contribution in [0, 0.1) is 0 Å². The zero-order valence-electron chi connectivity index (χ0n) is 11.5. The maximum atomic E-state index is 12.0. The van der Waals surface area contributed by atoms with Gasteiger partial charge < -0.3 is 20.4 Å². The van der Waals surface area contributed by atoms with Crippen LogP contribution in [0.4, 0.5) is 5.82 Å². The van der Waals surface area contributed by atoms with Crippen molar-refractivity contribution in [2.75, 3.05) is 12.3 Å². The molecule has 0 aliphatic rings. The molecule has 0 amide bonds. The number of carbonyl (C=O) groups is 2. The molecule has 2 N–H and O–H groups in total. The van der Waals surface area contributed by atoms with Crippen LogP contribution in [0.1, 0.15) is 27.9 Å². The first-order valence-corrected chi connectivity index (χ1v) is 6.19. The molecule has 22 heavy (non-hydrogen) atoms. The molecule has 0 spiro atoms. The average molecular weight is 303 g/mol. The molecule has 9 heteroatoms. The van der Waals surface area contributed by atoms with Crippen LogP contribution in [0.25, 0.3) is 5.69 Å². The van der Waals surface area contributed by atoms with E-state index >= 15 is 0 Å². The van der Waals surface area contributed by atoms with Crippen molar-refractivity contribution >= 4 is 17.8 Å². The first kappa shape index (κ1) is 15.2. The third kappa shape index (κ3) is 2.92. The molecule has 2 rings (SSSR count). The lowest BCUT2D eigenvalue weighted by Gasteiger charge is -2.08. The van der Waals surface area contributed by atoms with Crippen molar-refractivity contribution < 1.29 is 19.4 Å². The Labute approximate surface area is 124 Å². The van der Waals surface area contributed by atoms with Gasteiger partial charge in [0.05, 0.1) is 18.3 Å². The number of rotatable bonds is 4. The Morgan fingerprint density at radius 3 is 2.50 bits per heavy atom. The fourth-order valence-corrected chi connectivity index (χ4v) is 1.63. The predicted molar refractivity (Wildman–Crippen MR) is 72.3 cm³/mol. The van der Waals surface area contributed by atoms with E-state index in [-0.39, 0.29) is 23.7 Å². The van der Waals surface area contributed by atoms with E-state index in [1.54, 1.807) is 6.92 Å². The molecule has 0 aliphatic heterocycles. The number of carboxylic acid groups (broad SMARTS) is 1. The number of hydrogen-bond donors (Lipinski definition) is 1. The number of nitrogens with two attached hydrogens (primary N) is 1. The van der Waals surface area contributed by atoms with Crippen LogP contribution in [0.2, 0.25) is 0 Å². The number of anilines is 1. The summed E-state index contributed by atoms with van der Waals surface area (Å²) in [5.74, 6) is -2.98. The molecule has 0 radical (unpaired) electrons. The van der Waals surface area contributed by atoms with Crippen molar-refractivity contribution in [3.8, 4) is 5.69 Å². The number of ether oxygens (including phenoxy) is 1. The van der Waals surface area contributed by atoms with Crippen molar-refractivity contribution in [3.63, 3.8) is 0 Å². The minimum atomic E-state index is -1.35. The normalized spacial score (nSPS) is 10.2. The van der Waals surface area contributed by atoms with E-state index in [2.05, 4.69) is 10.1 Å². The maximum absolute atomic E-state index is 12.0. The highest BCUT2D eigenvalue weighted by Crippen LogP contribution is 2.07. The number of aromatic carboxylic acids is 1. The second kappa shape index (κ2) is 6.04. The maximum Gasteiger partial charge on any atom is 0.378 e. The lowest BCUT2D eigenvalue weighted by molar-refractivity contribution is -0.255. The summed E-state index contributed by atoms with van der Waals surface area (Å²) >= 11 is 0. The van der Waals surface area contributed by atoms with E-state index in [1.807, 2.05) is 0 Å². The molecule has 0 bridgehead atoms. The van der Waals surface area contributed by atoms with Crippen molar-refractivity contribution in [3.05, 3.63) is 46.0 Å². The highest BCUT2D eigenvalue weighted by molar-refractivity contribution is 5.86. The lowest BCUT2D eigenvalue weighted by Crippen LogP contribution is -2.29. The Balaban J connectivity index is 2.52. The van der Waals surface area contributed by atoms with Crippen molar-refractivity contribution in [2.45, 2.75) is 6.92 Å². The van der Waals surface area contributed by atoms with Gasteiger partial charge in [-0.3, -0.25) is 4.79 Å². The SMILES string of the molecule is CCOC(=O)c1nc(N)c(=O)n(-c2ccc(C(=O)[O-])cc2)n1. The molecule has 0 saturated carbocycles. The van der Waals surface area contributed by atoms with E-state index in [0.29, 0.717) is 0 Å². The highest BCUT2D eigenvalue weighted by Gasteiger charge is 2.16. The third-order valence-corrected chi connectivity index (χ3v) is 2.64. The van der Waals surface area contributed by atoms with Gasteiger partial charge in [0.2, 0.25) is 0 Å². The molecule has 0 fully saturated rings. The molecule has 1 heterocycles. The Kier molecular flexibility index (Phi) is 4.16. The fraction of sp³-hybridized carbons (Fsp3) is 0.154. The van der Waals surface area contributed by atoms with Gasteiger partial charge in [0, 0.05) is 0 Å². The lowest BCUT2D eigenvalue weighted by atomic mass is 10.2. The summed E-state index contributed by atoms with van der Waals surface area (Å²) in [5.41, 5.74) is 4.89. The van der Waals surface area contributed by atoms with Crippen LogP contribution in [0.5, 0.6) is 0 Å². The molecule has 114 valence electrons. The minimum Gasteiger partial charge on any atom is -0.545 e. The van der Waals surface area contributed by atoms with E-state index < -0.39 is 23.3 Å². The molecule has 9 nitrogen and oxygen atoms in total. The molecule has 2 aromatic rings. The van der Waals surface area contributed by atoms with Crippen LogP contribution in [-0.2, 0) is 4.74 Å². The van der Waals surface area contributed by atoms with Gasteiger partial charge in [-0.1, -0.05) is 12.1 Å². The summed E-state index contributed by atoms with van der Waals surface area (Å²) in [6.45, 7) is 1.72. The molecular formula is C13H11N4O5-. The monoisotopic (exact) mass is 303 g/mol. The Morgan fingerprint density at radius 2 is 1.95 bits per heavy atom. The topological polar surface area (TPSA) is 140 Å². The first-order valence-electron chi connectivity index (χ1n) is 6.19. The van der Waals surface area contributed by atoms with Gasteiger partial charge in [-0.15, -0.1) is 5.10 Å². The predicted octanol–water partition coefficient (Wildman–Crippen LogP) is -1.25. The van der Waals surface area contributed by atoms with Gasteiger partial charge in [0.15, 0.2) is 5.82 Å². The number of hydrogen-bond acceptors (Lipinski definition) is 8. The minimum absolute atomic E-state index is 0.0653. The standard InChI is InChI=1S/C13H12N4O5/c1-2-22-13(21)10-15-9(14)11(18)17(16-10)8-5-3-7(4-6-8)12(19)20/h3-6H,2H2,1H3,(H,19,20)(H2,14,15,16)/p-1. The Morgan fingerprint density at radius 1 is 1.32 bits per heavy atom. The molecule has 1 aromatic carbocycles. The summed E-state index contributed by atoms with van der Waals surface area (Å²) in [5, 5.41) is 14.5. The number of carbonyl (C=O) groups excluding carboxylic acids is 2. The highest BCUT2D eigenvalue weighted by atomic mass is 16.5. The number of carboxylic acids is 1. The summed E-state index contributed by atoms with van der Waals surface area (Å²) in [4.78, 5) is 37.9. The molecule has 0 saturated heterocycles. The van der Waals surface area contributed by atoms with Crippen molar-refractivity contribution in [1.29, 1.82) is 0 Å². The van der Waals surface area contributed by atoms with E-state index in [1.165, 1.54) is 24.3 Å². The number of aromatic nitrogens is 3.